The molecular formula is C12H18N2O. The van der Waals surface area contributed by atoms with Crippen LogP contribution in [0.1, 0.15) is 43.5 Å². The summed E-state index contributed by atoms with van der Waals surface area (Å²) in [6, 6.07) is 4.56. The molecule has 0 saturated heterocycles. The maximum absolute atomic E-state index is 9.73. The molecular weight excluding hydrogens is 188 g/mol. The van der Waals surface area contributed by atoms with E-state index >= 15 is 0 Å². The van der Waals surface area contributed by atoms with E-state index in [4.69, 9.17) is 0 Å². The van der Waals surface area contributed by atoms with Gasteiger partial charge in [0.1, 0.15) is 5.82 Å². The van der Waals surface area contributed by atoms with Gasteiger partial charge in [0.05, 0.1) is 6.10 Å². The third kappa shape index (κ3) is 2.48. The summed E-state index contributed by atoms with van der Waals surface area (Å²) in [6.45, 7) is 3.92. The SMILES string of the molecule is CCC(O)c1ccc(NC2CC2)nc1C. The van der Waals surface area contributed by atoms with Gasteiger partial charge >= 0.3 is 0 Å². The summed E-state index contributed by atoms with van der Waals surface area (Å²) in [4.78, 5) is 4.45. The van der Waals surface area contributed by atoms with Crippen molar-refractivity contribution in [2.24, 2.45) is 0 Å². The average Bonchev–Trinajstić information content (AvgIpc) is 3.01. The minimum absolute atomic E-state index is 0.382. The molecule has 1 aliphatic rings. The van der Waals surface area contributed by atoms with Gasteiger partial charge in [-0.25, -0.2) is 4.98 Å². The first kappa shape index (κ1) is 10.4. The summed E-state index contributed by atoms with van der Waals surface area (Å²) in [7, 11) is 0. The van der Waals surface area contributed by atoms with Crippen molar-refractivity contribution >= 4 is 5.82 Å². The van der Waals surface area contributed by atoms with Gasteiger partial charge in [0.2, 0.25) is 0 Å². The largest absolute Gasteiger partial charge is 0.388 e. The van der Waals surface area contributed by atoms with Gasteiger partial charge in [-0.05, 0) is 32.3 Å². The molecule has 3 nitrogen and oxygen atoms in total. The molecule has 1 atom stereocenters. The second kappa shape index (κ2) is 4.19. The molecule has 1 aromatic heterocycles. The normalized spacial score (nSPS) is 17.5. The molecule has 0 spiro atoms. The van der Waals surface area contributed by atoms with E-state index in [1.807, 2.05) is 26.0 Å². The van der Waals surface area contributed by atoms with Crippen LogP contribution in [0.2, 0.25) is 0 Å². The lowest BCUT2D eigenvalue weighted by Crippen LogP contribution is -2.06. The van der Waals surface area contributed by atoms with Crippen molar-refractivity contribution in [1.82, 2.24) is 4.98 Å². The Labute approximate surface area is 90.5 Å². The molecule has 0 radical (unpaired) electrons. The first-order valence-electron chi connectivity index (χ1n) is 5.63. The number of pyridine rings is 1. The highest BCUT2D eigenvalue weighted by molar-refractivity contribution is 5.41. The predicted octanol–water partition coefficient (Wildman–Crippen LogP) is 2.41. The molecule has 0 bridgehead atoms. The van der Waals surface area contributed by atoms with E-state index in [0.29, 0.717) is 6.04 Å². The van der Waals surface area contributed by atoms with Crippen LogP contribution in [-0.4, -0.2) is 16.1 Å². The Morgan fingerprint density at radius 3 is 2.80 bits per heavy atom. The summed E-state index contributed by atoms with van der Waals surface area (Å²) in [5.74, 6) is 0.932. The maximum atomic E-state index is 9.73. The molecule has 0 aliphatic heterocycles. The van der Waals surface area contributed by atoms with Gasteiger partial charge in [-0.15, -0.1) is 0 Å². The van der Waals surface area contributed by atoms with E-state index in [2.05, 4.69) is 10.3 Å². The van der Waals surface area contributed by atoms with Crippen LogP contribution in [0.5, 0.6) is 0 Å². The molecule has 1 unspecified atom stereocenters. The number of nitrogens with zero attached hydrogens (tertiary/aromatic N) is 1. The van der Waals surface area contributed by atoms with Crippen molar-refractivity contribution in [2.75, 3.05) is 5.32 Å². The molecule has 0 amide bonds. The van der Waals surface area contributed by atoms with Gasteiger partial charge in [0.15, 0.2) is 0 Å². The number of nitrogens with one attached hydrogen (secondary N) is 1. The smallest absolute Gasteiger partial charge is 0.126 e. The third-order valence-electron chi connectivity index (χ3n) is 2.80. The number of aliphatic hydroxyl groups is 1. The van der Waals surface area contributed by atoms with E-state index in [1.54, 1.807) is 0 Å². The quantitative estimate of drug-likeness (QED) is 0.795. The van der Waals surface area contributed by atoms with Crippen molar-refractivity contribution in [3.8, 4) is 0 Å². The summed E-state index contributed by atoms with van der Waals surface area (Å²) in [5, 5.41) is 13.1. The highest BCUT2D eigenvalue weighted by Crippen LogP contribution is 2.25. The van der Waals surface area contributed by atoms with Crippen LogP contribution in [0.4, 0.5) is 5.82 Å². The lowest BCUT2D eigenvalue weighted by atomic mass is 10.1. The molecule has 2 rings (SSSR count). The Kier molecular flexibility index (Phi) is 2.91. The van der Waals surface area contributed by atoms with Crippen LogP contribution in [-0.2, 0) is 0 Å². The number of hydrogen-bond acceptors (Lipinski definition) is 3. The second-order valence-corrected chi connectivity index (χ2v) is 4.21. The van der Waals surface area contributed by atoms with E-state index < -0.39 is 0 Å². The van der Waals surface area contributed by atoms with Crippen molar-refractivity contribution in [1.29, 1.82) is 0 Å². The zero-order chi connectivity index (χ0) is 10.8. The Morgan fingerprint density at radius 2 is 2.27 bits per heavy atom. The van der Waals surface area contributed by atoms with Crippen molar-refractivity contribution < 1.29 is 5.11 Å². The van der Waals surface area contributed by atoms with Crippen LogP contribution < -0.4 is 5.32 Å². The molecule has 2 N–H and O–H groups in total. The van der Waals surface area contributed by atoms with E-state index in [9.17, 15) is 5.11 Å². The van der Waals surface area contributed by atoms with Gasteiger partial charge in [-0.2, -0.15) is 0 Å². The zero-order valence-corrected chi connectivity index (χ0v) is 9.33. The molecule has 1 aromatic rings. The molecule has 3 heteroatoms. The fourth-order valence-corrected chi connectivity index (χ4v) is 1.66. The average molecular weight is 206 g/mol. The summed E-state index contributed by atoms with van der Waals surface area (Å²) in [5.41, 5.74) is 1.87. The number of aromatic nitrogens is 1. The molecule has 0 aromatic carbocycles. The summed E-state index contributed by atoms with van der Waals surface area (Å²) in [6.07, 6.45) is 2.85. The van der Waals surface area contributed by atoms with Gasteiger partial charge in [0.25, 0.3) is 0 Å². The lowest BCUT2D eigenvalue weighted by Gasteiger charge is -2.12. The number of hydrogen-bond donors (Lipinski definition) is 2. The predicted molar refractivity (Wildman–Crippen MR) is 60.9 cm³/mol. The topological polar surface area (TPSA) is 45.1 Å². The number of aryl methyl sites for hydroxylation is 1. The van der Waals surface area contributed by atoms with Crippen LogP contribution in [0, 0.1) is 6.92 Å². The fraction of sp³-hybridized carbons (Fsp3) is 0.583. The number of aliphatic hydroxyl groups excluding tert-OH is 1. The molecule has 82 valence electrons. The number of rotatable bonds is 4. The Balaban J connectivity index is 2.13. The first-order chi connectivity index (χ1) is 7.20. The van der Waals surface area contributed by atoms with Gasteiger partial charge in [0, 0.05) is 17.3 Å². The number of anilines is 1. The maximum Gasteiger partial charge on any atom is 0.126 e. The third-order valence-corrected chi connectivity index (χ3v) is 2.80. The van der Waals surface area contributed by atoms with Gasteiger partial charge < -0.3 is 10.4 Å². The van der Waals surface area contributed by atoms with Crippen LogP contribution in [0.3, 0.4) is 0 Å². The van der Waals surface area contributed by atoms with Gasteiger partial charge in [-0.3, -0.25) is 0 Å². The highest BCUT2D eigenvalue weighted by Gasteiger charge is 2.21. The Hall–Kier alpha value is -1.09. The minimum atomic E-state index is -0.382. The van der Waals surface area contributed by atoms with Gasteiger partial charge in [-0.1, -0.05) is 13.0 Å². The monoisotopic (exact) mass is 206 g/mol. The van der Waals surface area contributed by atoms with Crippen molar-refractivity contribution in [3.63, 3.8) is 0 Å². The zero-order valence-electron chi connectivity index (χ0n) is 9.33. The van der Waals surface area contributed by atoms with Crippen LogP contribution in [0.25, 0.3) is 0 Å². The van der Waals surface area contributed by atoms with Crippen LogP contribution >= 0.6 is 0 Å². The Morgan fingerprint density at radius 1 is 1.53 bits per heavy atom. The summed E-state index contributed by atoms with van der Waals surface area (Å²) >= 11 is 0. The van der Waals surface area contributed by atoms with E-state index in [-0.39, 0.29) is 6.10 Å². The van der Waals surface area contributed by atoms with Crippen molar-refractivity contribution in [2.45, 2.75) is 45.3 Å². The van der Waals surface area contributed by atoms with E-state index in [1.165, 1.54) is 12.8 Å². The van der Waals surface area contributed by atoms with E-state index in [0.717, 1.165) is 23.5 Å². The molecule has 15 heavy (non-hydrogen) atoms. The molecule has 1 heterocycles. The second-order valence-electron chi connectivity index (χ2n) is 4.21. The molecule has 1 fully saturated rings. The molecule has 1 saturated carbocycles. The van der Waals surface area contributed by atoms with Crippen molar-refractivity contribution in [3.05, 3.63) is 23.4 Å². The first-order valence-corrected chi connectivity index (χ1v) is 5.63. The highest BCUT2D eigenvalue weighted by atomic mass is 16.3. The summed E-state index contributed by atoms with van der Waals surface area (Å²) < 4.78 is 0. The van der Waals surface area contributed by atoms with Crippen LogP contribution in [0.15, 0.2) is 12.1 Å². The minimum Gasteiger partial charge on any atom is -0.388 e. The molecule has 1 aliphatic carbocycles. The Bertz CT molecular complexity index is 347. The lowest BCUT2D eigenvalue weighted by molar-refractivity contribution is 0.172. The standard InChI is InChI=1S/C12H18N2O/c1-3-11(15)10-6-7-12(13-8(10)2)14-9-4-5-9/h6-7,9,11,15H,3-5H2,1-2H3,(H,13,14). The fourth-order valence-electron chi connectivity index (χ4n) is 1.66.